The predicted molar refractivity (Wildman–Crippen MR) is 78.7 cm³/mol. The standard InChI is InChI=1S/C12H15BrClN3O2/c1-12(2,11(15)17-19)6-16-10(18)7-4-3-5-8(13)9(7)14/h3-5,19H,6H2,1-2H3,(H2,15,17)(H,16,18). The number of amidine groups is 1. The van der Waals surface area contributed by atoms with Gasteiger partial charge in [0.1, 0.15) is 5.84 Å². The second kappa shape index (κ2) is 6.25. The second-order valence-corrected chi connectivity index (χ2v) is 5.89. The van der Waals surface area contributed by atoms with E-state index in [1.165, 1.54) is 0 Å². The van der Waals surface area contributed by atoms with Crippen LogP contribution in [0.15, 0.2) is 27.8 Å². The Kier molecular flexibility index (Phi) is 5.20. The fraction of sp³-hybridized carbons (Fsp3) is 0.333. The van der Waals surface area contributed by atoms with Gasteiger partial charge in [0.2, 0.25) is 0 Å². The van der Waals surface area contributed by atoms with E-state index in [0.717, 1.165) is 0 Å². The molecule has 0 atom stereocenters. The van der Waals surface area contributed by atoms with Crippen molar-refractivity contribution in [2.45, 2.75) is 13.8 Å². The smallest absolute Gasteiger partial charge is 0.252 e. The van der Waals surface area contributed by atoms with Crippen molar-refractivity contribution in [1.82, 2.24) is 5.32 Å². The van der Waals surface area contributed by atoms with Crippen molar-refractivity contribution in [3.63, 3.8) is 0 Å². The van der Waals surface area contributed by atoms with Crippen LogP contribution in [0.2, 0.25) is 5.02 Å². The first-order valence-electron chi connectivity index (χ1n) is 5.50. The van der Waals surface area contributed by atoms with E-state index in [9.17, 15) is 4.79 Å². The second-order valence-electron chi connectivity index (χ2n) is 4.65. The zero-order chi connectivity index (χ0) is 14.6. The lowest BCUT2D eigenvalue weighted by Gasteiger charge is -2.23. The number of amides is 1. The first kappa shape index (κ1) is 15.8. The number of nitrogens with zero attached hydrogens (tertiary/aromatic N) is 1. The maximum absolute atomic E-state index is 12.0. The minimum absolute atomic E-state index is 0.0492. The summed E-state index contributed by atoms with van der Waals surface area (Å²) in [5.74, 6) is -0.266. The number of carbonyl (C=O) groups is 1. The summed E-state index contributed by atoms with van der Waals surface area (Å²) in [6.45, 7) is 3.74. The van der Waals surface area contributed by atoms with E-state index in [0.29, 0.717) is 15.1 Å². The lowest BCUT2D eigenvalue weighted by atomic mass is 9.92. The van der Waals surface area contributed by atoms with Crippen molar-refractivity contribution in [1.29, 1.82) is 0 Å². The van der Waals surface area contributed by atoms with Crippen molar-refractivity contribution < 1.29 is 10.0 Å². The van der Waals surface area contributed by atoms with Crippen LogP contribution in [0.4, 0.5) is 0 Å². The summed E-state index contributed by atoms with van der Waals surface area (Å²) in [7, 11) is 0. The highest BCUT2D eigenvalue weighted by molar-refractivity contribution is 9.10. The lowest BCUT2D eigenvalue weighted by molar-refractivity contribution is 0.0944. The molecule has 0 radical (unpaired) electrons. The van der Waals surface area contributed by atoms with E-state index in [-0.39, 0.29) is 18.3 Å². The molecule has 0 bridgehead atoms. The van der Waals surface area contributed by atoms with E-state index in [4.69, 9.17) is 22.5 Å². The Morgan fingerprint density at radius 2 is 2.21 bits per heavy atom. The molecule has 104 valence electrons. The number of carbonyl (C=O) groups excluding carboxylic acids is 1. The molecule has 5 nitrogen and oxygen atoms in total. The molecule has 0 aliphatic rings. The van der Waals surface area contributed by atoms with Crippen LogP contribution in [0.5, 0.6) is 0 Å². The Labute approximate surface area is 124 Å². The molecule has 1 amide bonds. The molecule has 1 aromatic rings. The summed E-state index contributed by atoms with van der Waals surface area (Å²) in [4.78, 5) is 12.0. The van der Waals surface area contributed by atoms with Crippen LogP contribution < -0.4 is 11.1 Å². The molecular weight excluding hydrogens is 334 g/mol. The van der Waals surface area contributed by atoms with Gasteiger partial charge in [0, 0.05) is 16.4 Å². The van der Waals surface area contributed by atoms with E-state index in [1.807, 2.05) is 0 Å². The lowest BCUT2D eigenvalue weighted by Crippen LogP contribution is -2.42. The topological polar surface area (TPSA) is 87.7 Å². The summed E-state index contributed by atoms with van der Waals surface area (Å²) in [6.07, 6.45) is 0. The van der Waals surface area contributed by atoms with Crippen LogP contribution in [-0.4, -0.2) is 23.5 Å². The summed E-state index contributed by atoms with van der Waals surface area (Å²) >= 11 is 9.29. The number of hydrogen-bond donors (Lipinski definition) is 3. The molecule has 0 aliphatic heterocycles. The number of benzene rings is 1. The molecule has 0 heterocycles. The van der Waals surface area contributed by atoms with Gasteiger partial charge in [0.15, 0.2) is 0 Å². The molecule has 0 spiro atoms. The van der Waals surface area contributed by atoms with E-state index in [2.05, 4.69) is 26.4 Å². The van der Waals surface area contributed by atoms with Crippen molar-refractivity contribution >= 4 is 39.3 Å². The Hall–Kier alpha value is -1.27. The van der Waals surface area contributed by atoms with E-state index in [1.54, 1.807) is 32.0 Å². The van der Waals surface area contributed by atoms with Gasteiger partial charge in [-0.2, -0.15) is 0 Å². The SMILES string of the molecule is CC(C)(CNC(=O)c1cccc(Br)c1Cl)/C(N)=N/O. The highest BCUT2D eigenvalue weighted by atomic mass is 79.9. The summed E-state index contributed by atoms with van der Waals surface area (Å²) in [6, 6.07) is 5.10. The maximum atomic E-state index is 12.0. The van der Waals surface area contributed by atoms with Crippen molar-refractivity contribution in [2.24, 2.45) is 16.3 Å². The zero-order valence-corrected chi connectivity index (χ0v) is 12.9. The van der Waals surface area contributed by atoms with E-state index < -0.39 is 5.41 Å². The number of oxime groups is 1. The molecule has 1 rings (SSSR count). The molecule has 4 N–H and O–H groups in total. The van der Waals surface area contributed by atoms with Crippen LogP contribution in [-0.2, 0) is 0 Å². The van der Waals surface area contributed by atoms with Gasteiger partial charge >= 0.3 is 0 Å². The average molecular weight is 349 g/mol. The van der Waals surface area contributed by atoms with Gasteiger partial charge in [-0.05, 0) is 28.1 Å². The number of nitrogens with one attached hydrogen (secondary N) is 1. The van der Waals surface area contributed by atoms with Crippen molar-refractivity contribution in [2.75, 3.05) is 6.54 Å². The normalized spacial score (nSPS) is 12.3. The largest absolute Gasteiger partial charge is 0.409 e. The summed E-state index contributed by atoms with van der Waals surface area (Å²) < 4.78 is 0.650. The molecule has 0 aromatic heterocycles. The monoisotopic (exact) mass is 347 g/mol. The fourth-order valence-corrected chi connectivity index (χ4v) is 1.88. The quantitative estimate of drug-likeness (QED) is 0.338. The summed E-state index contributed by atoms with van der Waals surface area (Å²) in [5.41, 5.74) is 5.26. The first-order chi connectivity index (χ1) is 8.79. The number of nitrogens with two attached hydrogens (primary N) is 1. The van der Waals surface area contributed by atoms with Crippen molar-refractivity contribution in [3.05, 3.63) is 33.3 Å². The zero-order valence-electron chi connectivity index (χ0n) is 10.6. The number of hydrogen-bond acceptors (Lipinski definition) is 3. The molecule has 0 saturated carbocycles. The van der Waals surface area contributed by atoms with Gasteiger partial charge in [-0.15, -0.1) is 0 Å². The highest BCUT2D eigenvalue weighted by Gasteiger charge is 2.25. The highest BCUT2D eigenvalue weighted by Crippen LogP contribution is 2.26. The molecule has 1 aromatic carbocycles. The molecule has 0 fully saturated rings. The minimum atomic E-state index is -0.650. The Morgan fingerprint density at radius 3 is 2.79 bits per heavy atom. The van der Waals surface area contributed by atoms with Crippen LogP contribution in [0.1, 0.15) is 24.2 Å². The molecule has 0 aliphatic carbocycles. The maximum Gasteiger partial charge on any atom is 0.252 e. The van der Waals surface area contributed by atoms with Crippen LogP contribution in [0.25, 0.3) is 0 Å². The first-order valence-corrected chi connectivity index (χ1v) is 6.67. The average Bonchev–Trinajstić information content (AvgIpc) is 2.38. The van der Waals surface area contributed by atoms with Gasteiger partial charge in [-0.1, -0.05) is 36.7 Å². The summed E-state index contributed by atoms with van der Waals surface area (Å²) in [5, 5.41) is 14.7. The Bertz CT molecular complexity index is 518. The van der Waals surface area contributed by atoms with Gasteiger partial charge in [0.05, 0.1) is 10.6 Å². The van der Waals surface area contributed by atoms with Crippen LogP contribution in [0.3, 0.4) is 0 Å². The van der Waals surface area contributed by atoms with Gasteiger partial charge in [0.25, 0.3) is 5.91 Å². The van der Waals surface area contributed by atoms with E-state index >= 15 is 0 Å². The fourth-order valence-electron chi connectivity index (χ4n) is 1.30. The number of halogens is 2. The third kappa shape index (κ3) is 3.84. The minimum Gasteiger partial charge on any atom is -0.409 e. The Morgan fingerprint density at radius 1 is 1.58 bits per heavy atom. The van der Waals surface area contributed by atoms with Gasteiger partial charge < -0.3 is 16.3 Å². The van der Waals surface area contributed by atoms with Gasteiger partial charge in [-0.25, -0.2) is 0 Å². The van der Waals surface area contributed by atoms with Crippen LogP contribution >= 0.6 is 27.5 Å². The molecule has 0 unspecified atom stereocenters. The third-order valence-corrected chi connectivity index (χ3v) is 3.98. The Balaban J connectivity index is 2.79. The third-order valence-electron chi connectivity index (χ3n) is 2.69. The molecule has 0 saturated heterocycles. The molecule has 19 heavy (non-hydrogen) atoms. The predicted octanol–water partition coefficient (Wildman–Crippen LogP) is 2.60. The molecular formula is C12H15BrClN3O2. The van der Waals surface area contributed by atoms with Crippen molar-refractivity contribution in [3.8, 4) is 0 Å². The van der Waals surface area contributed by atoms with Gasteiger partial charge in [-0.3, -0.25) is 4.79 Å². The van der Waals surface area contributed by atoms with Crippen LogP contribution in [0, 0.1) is 5.41 Å². The number of rotatable bonds is 4. The molecule has 7 heteroatoms.